The van der Waals surface area contributed by atoms with Crippen LogP contribution in [0.5, 0.6) is 0 Å². The second-order valence-electron chi connectivity index (χ2n) is 10.9. The van der Waals surface area contributed by atoms with Gasteiger partial charge in [-0.15, -0.1) is 5.10 Å². The number of benzene rings is 3. The molecule has 8 nitrogen and oxygen atoms in total. The van der Waals surface area contributed by atoms with Crippen LogP contribution in [0.2, 0.25) is 0 Å². The fraction of sp³-hybridized carbons (Fsp3) is 0.312. The van der Waals surface area contributed by atoms with E-state index < -0.39 is 0 Å². The number of rotatable bonds is 6. The maximum Gasteiger partial charge on any atom is 0.253 e. The van der Waals surface area contributed by atoms with E-state index in [1.807, 2.05) is 35.0 Å². The predicted molar refractivity (Wildman–Crippen MR) is 159 cm³/mol. The van der Waals surface area contributed by atoms with Gasteiger partial charge in [0.15, 0.2) is 5.82 Å². The number of anilines is 1. The number of tetrazole rings is 1. The van der Waals surface area contributed by atoms with E-state index in [4.69, 9.17) is 0 Å². The first-order chi connectivity index (χ1) is 19.4. The minimum absolute atomic E-state index is 0.103. The van der Waals surface area contributed by atoms with Gasteiger partial charge in [0.05, 0.1) is 6.54 Å². The normalized spacial score (nSPS) is 15.1. The Kier molecular flexibility index (Phi) is 6.94. The van der Waals surface area contributed by atoms with E-state index in [-0.39, 0.29) is 11.6 Å². The van der Waals surface area contributed by atoms with Crippen molar-refractivity contribution in [3.8, 4) is 0 Å². The third-order valence-electron chi connectivity index (χ3n) is 8.21. The number of aromatic nitrogens is 5. The molecule has 3 aromatic carbocycles. The highest BCUT2D eigenvalue weighted by Crippen LogP contribution is 2.31. The lowest BCUT2D eigenvalue weighted by atomic mass is 9.99. The topological polar surface area (TPSA) is 82.9 Å². The van der Waals surface area contributed by atoms with Crippen LogP contribution in [0.1, 0.15) is 45.2 Å². The Labute approximate surface area is 234 Å². The van der Waals surface area contributed by atoms with Crippen molar-refractivity contribution in [2.24, 2.45) is 0 Å². The lowest BCUT2D eigenvalue weighted by Gasteiger charge is -2.40. The van der Waals surface area contributed by atoms with Crippen LogP contribution in [0.3, 0.4) is 0 Å². The number of aromatic amines is 1. The zero-order chi connectivity index (χ0) is 27.8. The molecule has 40 heavy (non-hydrogen) atoms. The van der Waals surface area contributed by atoms with Gasteiger partial charge < -0.3 is 9.88 Å². The van der Waals surface area contributed by atoms with Crippen LogP contribution >= 0.6 is 0 Å². The summed E-state index contributed by atoms with van der Waals surface area (Å²) in [6, 6.07) is 22.5. The molecule has 5 aromatic rings. The average molecular weight is 534 g/mol. The highest BCUT2D eigenvalue weighted by Gasteiger charge is 2.33. The van der Waals surface area contributed by atoms with Crippen molar-refractivity contribution in [3.05, 3.63) is 116 Å². The van der Waals surface area contributed by atoms with Gasteiger partial charge in [-0.3, -0.25) is 9.69 Å². The van der Waals surface area contributed by atoms with Crippen LogP contribution in [-0.2, 0) is 6.54 Å². The van der Waals surface area contributed by atoms with Gasteiger partial charge in [-0.05, 0) is 84.1 Å². The van der Waals surface area contributed by atoms with E-state index in [2.05, 4.69) is 94.4 Å². The molecule has 1 saturated heterocycles. The zero-order valence-corrected chi connectivity index (χ0v) is 23.6. The van der Waals surface area contributed by atoms with E-state index in [0.29, 0.717) is 17.9 Å². The zero-order valence-electron chi connectivity index (χ0n) is 23.6. The Morgan fingerprint density at radius 1 is 0.875 bits per heavy atom. The molecule has 0 saturated carbocycles. The Hall–Kier alpha value is -4.30. The number of pyridine rings is 1. The molecule has 8 heteroatoms. The lowest BCUT2D eigenvalue weighted by Crippen LogP contribution is -2.49. The largest absolute Gasteiger partial charge is 0.369 e. The molecule has 1 N–H and O–H groups in total. The van der Waals surface area contributed by atoms with Gasteiger partial charge in [0.1, 0.15) is 6.04 Å². The smallest absolute Gasteiger partial charge is 0.253 e. The number of hydrogen-bond donors (Lipinski definition) is 1. The molecule has 0 spiro atoms. The maximum atomic E-state index is 13.7. The van der Waals surface area contributed by atoms with E-state index in [9.17, 15) is 4.79 Å². The summed E-state index contributed by atoms with van der Waals surface area (Å²) in [5.41, 5.74) is 8.68. The monoisotopic (exact) mass is 533 g/mol. The Morgan fingerprint density at radius 2 is 1.65 bits per heavy atom. The van der Waals surface area contributed by atoms with Gasteiger partial charge in [0, 0.05) is 48.3 Å². The van der Waals surface area contributed by atoms with Gasteiger partial charge in [-0.2, -0.15) is 0 Å². The number of nitrogens with zero attached hydrogens (tertiary/aromatic N) is 6. The quantitative estimate of drug-likeness (QED) is 0.341. The SMILES string of the molecule is Cc1cc(C)c2cc([C@@H](c3nnnn3Cc3ccccc3)N3CCN(c4cccc(C)c4C)CC3)c(=O)[nH]c2c1. The minimum Gasteiger partial charge on any atom is -0.369 e. The maximum absolute atomic E-state index is 13.7. The summed E-state index contributed by atoms with van der Waals surface area (Å²) in [6.07, 6.45) is 0. The molecular formula is C32H35N7O. The molecule has 0 amide bonds. The molecule has 1 atom stereocenters. The summed E-state index contributed by atoms with van der Waals surface area (Å²) in [7, 11) is 0. The predicted octanol–water partition coefficient (Wildman–Crippen LogP) is 4.71. The van der Waals surface area contributed by atoms with Crippen LogP contribution in [0.15, 0.2) is 71.5 Å². The number of aryl methyl sites for hydroxylation is 3. The fourth-order valence-electron chi connectivity index (χ4n) is 5.97. The summed E-state index contributed by atoms with van der Waals surface area (Å²) >= 11 is 0. The number of fused-ring (bicyclic) bond motifs is 1. The molecule has 0 unspecified atom stereocenters. The van der Waals surface area contributed by atoms with Crippen LogP contribution in [0.4, 0.5) is 5.69 Å². The minimum atomic E-state index is -0.381. The van der Waals surface area contributed by atoms with Crippen molar-refractivity contribution < 1.29 is 0 Å². The van der Waals surface area contributed by atoms with Crippen LogP contribution in [0.25, 0.3) is 10.9 Å². The third-order valence-corrected chi connectivity index (χ3v) is 8.21. The molecule has 6 rings (SSSR count). The lowest BCUT2D eigenvalue weighted by molar-refractivity contribution is 0.200. The van der Waals surface area contributed by atoms with Crippen LogP contribution in [0, 0.1) is 27.7 Å². The second kappa shape index (κ2) is 10.7. The molecule has 0 radical (unpaired) electrons. The molecular weight excluding hydrogens is 498 g/mol. The Bertz CT molecular complexity index is 1720. The highest BCUT2D eigenvalue weighted by atomic mass is 16.1. The molecule has 1 aliphatic rings. The van der Waals surface area contributed by atoms with E-state index in [1.54, 1.807) is 0 Å². The van der Waals surface area contributed by atoms with Gasteiger partial charge in [-0.25, -0.2) is 4.68 Å². The number of hydrogen-bond acceptors (Lipinski definition) is 6. The summed E-state index contributed by atoms with van der Waals surface area (Å²) in [6.45, 7) is 12.3. The van der Waals surface area contributed by atoms with E-state index in [1.165, 1.54) is 16.8 Å². The van der Waals surface area contributed by atoms with E-state index >= 15 is 0 Å². The third kappa shape index (κ3) is 4.91. The van der Waals surface area contributed by atoms with E-state index in [0.717, 1.165) is 53.8 Å². The van der Waals surface area contributed by atoms with Crippen LogP contribution < -0.4 is 10.5 Å². The first kappa shape index (κ1) is 26.0. The van der Waals surface area contributed by atoms with Crippen molar-refractivity contribution in [2.75, 3.05) is 31.1 Å². The van der Waals surface area contributed by atoms with Crippen molar-refractivity contribution in [1.82, 2.24) is 30.1 Å². The standard InChI is InChI=1S/C32H35N7O/c1-21-17-23(3)26-19-27(32(40)33-28(26)18-21)30(31-34-35-36-39(31)20-25-10-6-5-7-11-25)38-15-13-37(14-16-38)29-12-8-9-22(2)24(29)4/h5-12,17-19,30H,13-16,20H2,1-4H3,(H,33,40)/t30-/m0/s1. The van der Waals surface area contributed by atoms with Crippen molar-refractivity contribution in [3.63, 3.8) is 0 Å². The number of nitrogens with one attached hydrogen (secondary N) is 1. The molecule has 3 heterocycles. The Balaban J connectivity index is 1.41. The molecule has 1 aliphatic heterocycles. The van der Waals surface area contributed by atoms with Gasteiger partial charge in [-0.1, -0.05) is 48.5 Å². The second-order valence-corrected chi connectivity index (χ2v) is 10.9. The Morgan fingerprint density at radius 3 is 2.42 bits per heavy atom. The first-order valence-electron chi connectivity index (χ1n) is 13.9. The number of piperazine rings is 1. The summed E-state index contributed by atoms with van der Waals surface area (Å²) in [5.74, 6) is 0.679. The molecule has 2 aromatic heterocycles. The summed E-state index contributed by atoms with van der Waals surface area (Å²) in [4.78, 5) is 21.7. The van der Waals surface area contributed by atoms with Crippen molar-refractivity contribution in [2.45, 2.75) is 40.3 Å². The molecule has 204 valence electrons. The first-order valence-corrected chi connectivity index (χ1v) is 13.9. The number of H-pyrrole nitrogens is 1. The van der Waals surface area contributed by atoms with Gasteiger partial charge in [0.2, 0.25) is 0 Å². The molecule has 0 aliphatic carbocycles. The van der Waals surface area contributed by atoms with Gasteiger partial charge in [0.25, 0.3) is 5.56 Å². The molecule has 0 bridgehead atoms. The van der Waals surface area contributed by atoms with Crippen LogP contribution in [-0.4, -0.2) is 56.3 Å². The van der Waals surface area contributed by atoms with Gasteiger partial charge >= 0.3 is 0 Å². The molecule has 1 fully saturated rings. The average Bonchev–Trinajstić information content (AvgIpc) is 3.39. The highest BCUT2D eigenvalue weighted by molar-refractivity contribution is 5.83. The summed E-state index contributed by atoms with van der Waals surface area (Å²) < 4.78 is 1.84. The fourth-order valence-corrected chi connectivity index (χ4v) is 5.97. The summed E-state index contributed by atoms with van der Waals surface area (Å²) in [5, 5.41) is 14.0. The van der Waals surface area contributed by atoms with Crippen molar-refractivity contribution in [1.29, 1.82) is 0 Å². The van der Waals surface area contributed by atoms with Crippen molar-refractivity contribution >= 4 is 16.6 Å².